The predicted molar refractivity (Wildman–Crippen MR) is 98.4 cm³/mol. The van der Waals surface area contributed by atoms with E-state index < -0.39 is 23.7 Å². The van der Waals surface area contributed by atoms with Gasteiger partial charge in [0.25, 0.3) is 0 Å². The third-order valence-corrected chi connectivity index (χ3v) is 5.61. The van der Waals surface area contributed by atoms with Crippen LogP contribution in [-0.2, 0) is 9.53 Å². The second-order valence-electron chi connectivity index (χ2n) is 7.20. The normalized spacial score (nSPS) is 18.0. The van der Waals surface area contributed by atoms with E-state index in [0.29, 0.717) is 12.8 Å². The van der Waals surface area contributed by atoms with Crippen molar-refractivity contribution in [1.82, 2.24) is 5.32 Å². The molecule has 4 rings (SSSR count). The van der Waals surface area contributed by atoms with Crippen LogP contribution in [0.15, 0.2) is 48.5 Å². The third-order valence-electron chi connectivity index (χ3n) is 5.61. The van der Waals surface area contributed by atoms with Gasteiger partial charge in [-0.15, -0.1) is 0 Å². The minimum absolute atomic E-state index is 0.0989. The summed E-state index contributed by atoms with van der Waals surface area (Å²) in [6.45, 7) is 0.102. The number of carbonyl (C=O) groups excluding carboxylic acids is 1. The molecule has 0 aliphatic heterocycles. The minimum Gasteiger partial charge on any atom is -0.480 e. The number of aliphatic hydroxyl groups is 1. The summed E-state index contributed by atoms with van der Waals surface area (Å²) in [4.78, 5) is 23.6. The molecule has 1 atom stereocenters. The monoisotopic (exact) mass is 367 g/mol. The van der Waals surface area contributed by atoms with Gasteiger partial charge in [0.15, 0.2) is 6.04 Å². The lowest BCUT2D eigenvalue weighted by Crippen LogP contribution is -2.60. The molecule has 27 heavy (non-hydrogen) atoms. The molecule has 2 aromatic carbocycles. The van der Waals surface area contributed by atoms with Gasteiger partial charge in [0.2, 0.25) is 0 Å². The van der Waals surface area contributed by atoms with Crippen LogP contribution < -0.4 is 5.32 Å². The van der Waals surface area contributed by atoms with Crippen molar-refractivity contribution in [1.29, 1.82) is 0 Å². The number of carbonyl (C=O) groups is 2. The number of amides is 1. The highest BCUT2D eigenvalue weighted by Gasteiger charge is 2.47. The van der Waals surface area contributed by atoms with Crippen LogP contribution >= 0.6 is 0 Å². The molecule has 1 fully saturated rings. The summed E-state index contributed by atoms with van der Waals surface area (Å²) in [5.74, 6) is -1.36. The highest BCUT2D eigenvalue weighted by Crippen LogP contribution is 2.44. The summed E-state index contributed by atoms with van der Waals surface area (Å²) in [5.41, 5.74) is 3.01. The fourth-order valence-electron chi connectivity index (χ4n) is 4.01. The number of carboxylic acids is 1. The molecular formula is C21H21NO5. The second-order valence-corrected chi connectivity index (χ2v) is 7.20. The molecule has 2 aliphatic carbocycles. The minimum atomic E-state index is -1.39. The number of hydrogen-bond donors (Lipinski definition) is 3. The molecule has 0 aromatic heterocycles. The predicted octanol–water partition coefficient (Wildman–Crippen LogP) is 2.89. The number of hydrogen-bond acceptors (Lipinski definition) is 4. The van der Waals surface area contributed by atoms with Gasteiger partial charge in [0, 0.05) is 5.92 Å². The number of aliphatic carboxylic acids is 1. The van der Waals surface area contributed by atoms with Gasteiger partial charge in [-0.3, -0.25) is 0 Å². The molecule has 3 N–H and O–H groups in total. The van der Waals surface area contributed by atoms with E-state index >= 15 is 0 Å². The molecule has 1 unspecified atom stereocenters. The van der Waals surface area contributed by atoms with E-state index in [0.717, 1.165) is 28.7 Å². The number of ether oxygens (including phenoxy) is 1. The maximum Gasteiger partial charge on any atom is 0.407 e. The van der Waals surface area contributed by atoms with Crippen molar-refractivity contribution in [2.24, 2.45) is 0 Å². The first-order valence-electron chi connectivity index (χ1n) is 9.06. The number of fused-ring (bicyclic) bond motifs is 3. The van der Waals surface area contributed by atoms with Crippen LogP contribution in [0.3, 0.4) is 0 Å². The lowest BCUT2D eigenvalue weighted by molar-refractivity contribution is -0.152. The van der Waals surface area contributed by atoms with E-state index in [-0.39, 0.29) is 12.5 Å². The number of rotatable bonds is 5. The molecule has 0 radical (unpaired) electrons. The van der Waals surface area contributed by atoms with Crippen molar-refractivity contribution < 1.29 is 24.5 Å². The molecule has 6 nitrogen and oxygen atoms in total. The Morgan fingerprint density at radius 2 is 1.63 bits per heavy atom. The summed E-state index contributed by atoms with van der Waals surface area (Å²) >= 11 is 0. The van der Waals surface area contributed by atoms with Gasteiger partial charge in [-0.05, 0) is 41.5 Å². The Morgan fingerprint density at radius 1 is 1.07 bits per heavy atom. The summed E-state index contributed by atoms with van der Waals surface area (Å²) in [6.07, 6.45) is 0.623. The van der Waals surface area contributed by atoms with E-state index in [2.05, 4.69) is 5.32 Å². The zero-order valence-electron chi connectivity index (χ0n) is 14.7. The first kappa shape index (κ1) is 17.5. The van der Waals surface area contributed by atoms with Crippen molar-refractivity contribution >= 4 is 12.1 Å². The molecule has 0 bridgehead atoms. The Morgan fingerprint density at radius 3 is 2.11 bits per heavy atom. The second kappa shape index (κ2) is 6.70. The summed E-state index contributed by atoms with van der Waals surface area (Å²) in [7, 11) is 0. The fourth-order valence-corrected chi connectivity index (χ4v) is 4.01. The topological polar surface area (TPSA) is 95.9 Å². The largest absolute Gasteiger partial charge is 0.480 e. The number of nitrogens with one attached hydrogen (secondary N) is 1. The van der Waals surface area contributed by atoms with Gasteiger partial charge in [-0.25, -0.2) is 9.59 Å². The Labute approximate surface area is 156 Å². The van der Waals surface area contributed by atoms with E-state index in [1.165, 1.54) is 0 Å². The summed E-state index contributed by atoms with van der Waals surface area (Å²) < 4.78 is 5.36. The molecule has 0 saturated heterocycles. The van der Waals surface area contributed by atoms with Crippen molar-refractivity contribution in [2.45, 2.75) is 36.8 Å². The number of carboxylic acid groups (broad SMARTS) is 1. The third kappa shape index (κ3) is 3.06. The standard InChI is InChI=1S/C21H21NO5/c23-19(24)18(21(26)10-5-11-21)22-20(25)27-12-17-15-8-3-1-6-13(15)14-7-2-4-9-16(14)17/h1-4,6-9,17-18,26H,5,10-12H2,(H,22,25)(H,23,24). The highest BCUT2D eigenvalue weighted by atomic mass is 16.5. The quantitative estimate of drug-likeness (QED) is 0.755. The van der Waals surface area contributed by atoms with Crippen LogP contribution in [0.5, 0.6) is 0 Å². The van der Waals surface area contributed by atoms with E-state index in [1.54, 1.807) is 0 Å². The lowest BCUT2D eigenvalue weighted by atomic mass is 9.75. The van der Waals surface area contributed by atoms with Crippen LogP contribution in [-0.4, -0.2) is 40.5 Å². The van der Waals surface area contributed by atoms with Crippen molar-refractivity contribution in [3.63, 3.8) is 0 Å². The van der Waals surface area contributed by atoms with Crippen LogP contribution in [0.25, 0.3) is 11.1 Å². The Kier molecular flexibility index (Phi) is 4.36. The lowest BCUT2D eigenvalue weighted by Gasteiger charge is -2.40. The van der Waals surface area contributed by atoms with Crippen LogP contribution in [0.4, 0.5) is 4.79 Å². The van der Waals surface area contributed by atoms with Gasteiger partial charge >= 0.3 is 12.1 Å². The zero-order valence-corrected chi connectivity index (χ0v) is 14.7. The maximum atomic E-state index is 12.2. The molecule has 1 saturated carbocycles. The first-order chi connectivity index (χ1) is 13.0. The maximum absolute atomic E-state index is 12.2. The molecule has 0 heterocycles. The molecule has 140 valence electrons. The molecule has 0 spiro atoms. The Hall–Kier alpha value is -2.86. The average molecular weight is 367 g/mol. The SMILES string of the molecule is O=C(NC(C(=O)O)C1(O)CCC1)OCC1c2ccccc2-c2ccccc21. The first-order valence-corrected chi connectivity index (χ1v) is 9.06. The molecule has 2 aliphatic rings. The van der Waals surface area contributed by atoms with Crippen LogP contribution in [0, 0.1) is 0 Å². The molecule has 1 amide bonds. The van der Waals surface area contributed by atoms with Gasteiger partial charge in [-0.2, -0.15) is 0 Å². The number of benzene rings is 2. The Balaban J connectivity index is 1.47. The Bertz CT molecular complexity index is 844. The average Bonchev–Trinajstić information content (AvgIpc) is 2.96. The molecule has 2 aromatic rings. The van der Waals surface area contributed by atoms with Crippen molar-refractivity contribution in [3.05, 3.63) is 59.7 Å². The summed E-state index contributed by atoms with van der Waals surface area (Å²) in [5, 5.41) is 21.9. The van der Waals surface area contributed by atoms with Gasteiger partial charge in [0.1, 0.15) is 6.61 Å². The fraction of sp³-hybridized carbons (Fsp3) is 0.333. The highest BCUT2D eigenvalue weighted by molar-refractivity contribution is 5.82. The van der Waals surface area contributed by atoms with E-state index in [4.69, 9.17) is 4.74 Å². The van der Waals surface area contributed by atoms with Gasteiger partial charge < -0.3 is 20.3 Å². The van der Waals surface area contributed by atoms with E-state index in [1.807, 2.05) is 48.5 Å². The molecular weight excluding hydrogens is 346 g/mol. The smallest absolute Gasteiger partial charge is 0.407 e. The van der Waals surface area contributed by atoms with Crippen LogP contribution in [0.1, 0.15) is 36.3 Å². The van der Waals surface area contributed by atoms with Crippen molar-refractivity contribution in [2.75, 3.05) is 6.61 Å². The molecule has 6 heteroatoms. The number of alkyl carbamates (subject to hydrolysis) is 1. The van der Waals surface area contributed by atoms with Crippen LogP contribution in [0.2, 0.25) is 0 Å². The van der Waals surface area contributed by atoms with E-state index in [9.17, 15) is 19.8 Å². The van der Waals surface area contributed by atoms with Crippen molar-refractivity contribution in [3.8, 4) is 11.1 Å². The zero-order chi connectivity index (χ0) is 19.0. The summed E-state index contributed by atoms with van der Waals surface area (Å²) in [6, 6.07) is 14.6. The van der Waals surface area contributed by atoms with Gasteiger partial charge in [0.05, 0.1) is 5.60 Å². The van der Waals surface area contributed by atoms with Gasteiger partial charge in [-0.1, -0.05) is 48.5 Å².